The van der Waals surface area contributed by atoms with Gasteiger partial charge in [0.1, 0.15) is 16.6 Å². The number of carbonyl (C=O) groups excluding carboxylic acids is 6. The van der Waals surface area contributed by atoms with Gasteiger partial charge in [0.15, 0.2) is 0 Å². The van der Waals surface area contributed by atoms with Crippen molar-refractivity contribution in [3.05, 3.63) is 24.3 Å². The van der Waals surface area contributed by atoms with Crippen LogP contribution in [0.15, 0.2) is 24.3 Å². The molecule has 0 aromatic heterocycles. The number of nitrogens with zero attached hydrogens (tertiary/aromatic N) is 1. The predicted molar refractivity (Wildman–Crippen MR) is 143 cm³/mol. The first-order valence-electron chi connectivity index (χ1n) is 15.1. The highest BCUT2D eigenvalue weighted by molar-refractivity contribution is 6.28. The van der Waals surface area contributed by atoms with Gasteiger partial charge in [0.25, 0.3) is 0 Å². The van der Waals surface area contributed by atoms with Crippen LogP contribution in [0.1, 0.15) is 0 Å². The quantitative estimate of drug-likeness (QED) is 0.146. The Morgan fingerprint density at radius 3 is 1.17 bits per heavy atom. The zero-order chi connectivity index (χ0) is 33.0. The van der Waals surface area contributed by atoms with Crippen molar-refractivity contribution in [2.75, 3.05) is 40.4 Å². The number of esters is 4. The molecule has 14 atom stereocenters. The Labute approximate surface area is 264 Å². The van der Waals surface area contributed by atoms with E-state index in [1.165, 1.54) is 7.11 Å². The Kier molecular flexibility index (Phi) is 4.53. The molecule has 7 aliphatic heterocycles. The SMILES string of the molecule is COC(=O)C12O[C@@]1(C(=O)OC)C1C2[C@H]2O[C@@H]1C13C(=O)N(c4ccc(OC)cc4)C(=O)C21C1O[C@@H]3C2C1[C@]1(C(=O)OC)O[C@]21C(=O)OC. The molecule has 0 N–H and O–H groups in total. The molecule has 16 nitrogen and oxygen atoms in total. The highest BCUT2D eigenvalue weighted by Gasteiger charge is 3.12. The van der Waals surface area contributed by atoms with E-state index in [2.05, 4.69) is 0 Å². The average molecular weight is 654 g/mol. The number of methoxy groups -OCH3 is 5. The van der Waals surface area contributed by atoms with Gasteiger partial charge in [-0.2, -0.15) is 0 Å². The third-order valence-electron chi connectivity index (χ3n) is 13.1. The topological polar surface area (TPSA) is 195 Å². The molecule has 8 unspecified atom stereocenters. The Morgan fingerprint density at radius 1 is 0.574 bits per heavy atom. The maximum Gasteiger partial charge on any atom is 0.342 e. The zero-order valence-electron chi connectivity index (χ0n) is 25.5. The number of hydrogen-bond acceptors (Lipinski definition) is 15. The van der Waals surface area contributed by atoms with E-state index in [4.69, 9.17) is 42.6 Å². The first-order chi connectivity index (χ1) is 22.5. The highest BCUT2D eigenvalue weighted by Crippen LogP contribution is 2.92. The third-order valence-corrected chi connectivity index (χ3v) is 13.1. The van der Waals surface area contributed by atoms with Crippen LogP contribution >= 0.6 is 0 Å². The molecule has 7 heterocycles. The van der Waals surface area contributed by atoms with Gasteiger partial charge in [-0.3, -0.25) is 9.59 Å². The second-order valence-corrected chi connectivity index (χ2v) is 13.6. The van der Waals surface area contributed by atoms with Crippen molar-refractivity contribution < 1.29 is 71.4 Å². The van der Waals surface area contributed by atoms with E-state index < -0.39 is 117 Å². The molecule has 246 valence electrons. The third kappa shape index (κ3) is 2.08. The van der Waals surface area contributed by atoms with Gasteiger partial charge in [-0.25, -0.2) is 24.1 Å². The van der Waals surface area contributed by atoms with Crippen LogP contribution < -0.4 is 9.64 Å². The fourth-order valence-electron chi connectivity index (χ4n) is 11.8. The Balaban J connectivity index is 1.20. The minimum atomic E-state index is -1.83. The Morgan fingerprint density at radius 2 is 0.894 bits per heavy atom. The van der Waals surface area contributed by atoms with Gasteiger partial charge < -0.3 is 42.6 Å². The van der Waals surface area contributed by atoms with Gasteiger partial charge in [-0.05, 0) is 24.3 Å². The summed E-state index contributed by atoms with van der Waals surface area (Å²) < 4.78 is 51.0. The predicted octanol–water partition coefficient (Wildman–Crippen LogP) is -1.70. The van der Waals surface area contributed by atoms with E-state index in [0.717, 1.165) is 33.3 Å². The van der Waals surface area contributed by atoms with Crippen LogP contribution in [0.25, 0.3) is 0 Å². The monoisotopic (exact) mass is 653 g/mol. The Hall–Kier alpha value is -4.12. The van der Waals surface area contributed by atoms with Gasteiger partial charge in [0.05, 0.1) is 65.7 Å². The van der Waals surface area contributed by atoms with Crippen molar-refractivity contribution in [1.82, 2.24) is 0 Å². The lowest BCUT2D eigenvalue weighted by atomic mass is 9.34. The normalized spacial score (nSPS) is 51.6. The first-order valence-corrected chi connectivity index (χ1v) is 15.1. The molecule has 1 aromatic rings. The number of benzene rings is 1. The lowest BCUT2D eigenvalue weighted by Crippen LogP contribution is -2.80. The standard InChI is InChI=1S/C31H27NO15/c1-39-11-8-6-10(7-9-11)32-20(33)26-16-12-13(29(23(36)41-3)28(12,46-29)22(35)40-2)17(44-16)27(26,21(32)34)19-15-14(18(26)45-19)30(24(37)42-4)31(15,47-30)25(38)43-5/h6-9,12-19H,1-5H3/t12?,13?,14?,15?,16-,17+,18+,19?,26?,27?,28+,29?,30-,31+/m0/s1. The van der Waals surface area contributed by atoms with Crippen molar-refractivity contribution in [2.45, 2.75) is 46.8 Å². The summed E-state index contributed by atoms with van der Waals surface area (Å²) in [5, 5.41) is 0. The fourth-order valence-corrected chi connectivity index (χ4v) is 11.8. The molecule has 1 aromatic carbocycles. The van der Waals surface area contributed by atoms with Crippen molar-refractivity contribution in [2.24, 2.45) is 34.5 Å². The molecule has 2 saturated carbocycles. The molecule has 10 rings (SSSR count). The number of rotatable bonds is 6. The number of carbonyl (C=O) groups is 6. The molecular formula is C31H27NO15. The van der Waals surface area contributed by atoms with Crippen molar-refractivity contribution >= 4 is 41.4 Å². The van der Waals surface area contributed by atoms with Crippen LogP contribution in [-0.4, -0.2) is 118 Å². The minimum absolute atomic E-state index is 0.243. The van der Waals surface area contributed by atoms with E-state index >= 15 is 9.59 Å². The lowest BCUT2D eigenvalue weighted by Gasteiger charge is -2.58. The second kappa shape index (κ2) is 7.61. The summed E-state index contributed by atoms with van der Waals surface area (Å²) in [4.78, 5) is 85.0. The number of fused-ring (bicyclic) bond motifs is 16. The fraction of sp³-hybridized carbons (Fsp3) is 0.613. The summed E-state index contributed by atoms with van der Waals surface area (Å²) in [5.74, 6) is -7.91. The molecule has 0 radical (unpaired) electrons. The minimum Gasteiger partial charge on any atom is -0.497 e. The molecule has 7 saturated heterocycles. The smallest absolute Gasteiger partial charge is 0.342 e. The molecule has 2 aliphatic carbocycles. The van der Waals surface area contributed by atoms with Gasteiger partial charge in [0, 0.05) is 23.7 Å². The van der Waals surface area contributed by atoms with Gasteiger partial charge in [0.2, 0.25) is 34.2 Å². The number of anilines is 1. The molecule has 2 amide bonds. The largest absolute Gasteiger partial charge is 0.497 e. The Bertz CT molecular complexity index is 1620. The lowest BCUT2D eigenvalue weighted by molar-refractivity contribution is -0.184. The summed E-state index contributed by atoms with van der Waals surface area (Å²) in [7, 11) is 6.08. The van der Waals surface area contributed by atoms with Crippen LogP contribution in [0.5, 0.6) is 5.75 Å². The van der Waals surface area contributed by atoms with Gasteiger partial charge in [-0.1, -0.05) is 0 Å². The molecular weight excluding hydrogens is 626 g/mol. The van der Waals surface area contributed by atoms with Gasteiger partial charge >= 0.3 is 23.9 Å². The maximum absolute atomic E-state index is 15.2. The molecule has 16 heteroatoms. The highest BCUT2D eigenvalue weighted by atomic mass is 16.7. The van der Waals surface area contributed by atoms with Crippen molar-refractivity contribution in [3.63, 3.8) is 0 Å². The first kappa shape index (κ1) is 27.9. The summed E-state index contributed by atoms with van der Waals surface area (Å²) >= 11 is 0. The number of hydrogen-bond donors (Lipinski definition) is 0. The average Bonchev–Trinajstić information content (AvgIpc) is 3.42. The summed E-state index contributed by atoms with van der Waals surface area (Å²) in [6.45, 7) is 0. The van der Waals surface area contributed by atoms with E-state index in [9.17, 15) is 19.2 Å². The van der Waals surface area contributed by atoms with E-state index in [-0.39, 0.29) is 5.69 Å². The molecule has 9 fully saturated rings. The number of epoxide rings is 2. The molecule has 47 heavy (non-hydrogen) atoms. The van der Waals surface area contributed by atoms with Crippen LogP contribution in [0.3, 0.4) is 0 Å². The second-order valence-electron chi connectivity index (χ2n) is 13.6. The van der Waals surface area contributed by atoms with E-state index in [1.807, 2.05) is 0 Å². The van der Waals surface area contributed by atoms with Gasteiger partial charge in [-0.15, -0.1) is 0 Å². The molecule has 9 aliphatic rings. The van der Waals surface area contributed by atoms with Crippen molar-refractivity contribution in [3.8, 4) is 5.75 Å². The van der Waals surface area contributed by atoms with E-state index in [1.54, 1.807) is 24.3 Å². The zero-order valence-corrected chi connectivity index (χ0v) is 25.5. The van der Waals surface area contributed by atoms with Crippen LogP contribution in [0.4, 0.5) is 5.69 Å². The molecule has 0 spiro atoms. The molecule has 4 bridgehead atoms. The number of ether oxygens (including phenoxy) is 9. The van der Waals surface area contributed by atoms with Crippen LogP contribution in [-0.2, 0) is 66.7 Å². The summed E-state index contributed by atoms with van der Waals surface area (Å²) in [5.41, 5.74) is -10.7. The van der Waals surface area contributed by atoms with E-state index in [0.29, 0.717) is 5.75 Å². The number of amides is 2. The van der Waals surface area contributed by atoms with Crippen LogP contribution in [0.2, 0.25) is 0 Å². The summed E-state index contributed by atoms with van der Waals surface area (Å²) in [6.07, 6.45) is -4.80. The van der Waals surface area contributed by atoms with Crippen molar-refractivity contribution in [1.29, 1.82) is 0 Å². The summed E-state index contributed by atoms with van der Waals surface area (Å²) in [6, 6.07) is 6.32. The van der Waals surface area contributed by atoms with Crippen LogP contribution in [0, 0.1) is 34.5 Å². The maximum atomic E-state index is 15.2. The number of imide groups is 1.